The predicted octanol–water partition coefficient (Wildman–Crippen LogP) is 1.79. The van der Waals surface area contributed by atoms with E-state index < -0.39 is 34.0 Å². The van der Waals surface area contributed by atoms with Crippen LogP contribution in [0.1, 0.15) is 24.0 Å². The average Bonchev–Trinajstić information content (AvgIpc) is 3.20. The molecule has 2 N–H and O–H groups in total. The molecule has 2 atom stereocenters. The molecule has 2 aromatic carbocycles. The number of benzene rings is 2. The van der Waals surface area contributed by atoms with Gasteiger partial charge in [-0.1, -0.05) is 60.7 Å². The summed E-state index contributed by atoms with van der Waals surface area (Å²) in [5.74, 6) is -1.91. The maximum Gasteiger partial charge on any atom is 0.326 e. The number of sulfonamides is 1. The lowest BCUT2D eigenvalue weighted by Crippen LogP contribution is -2.51. The number of rotatable bonds is 8. The molecule has 2 aromatic rings. The van der Waals surface area contributed by atoms with Gasteiger partial charge in [0, 0.05) is 13.0 Å². The molecule has 29 heavy (non-hydrogen) atoms. The molecule has 154 valence electrons. The summed E-state index contributed by atoms with van der Waals surface area (Å²) < 4.78 is 26.9. The molecule has 0 spiro atoms. The predicted molar refractivity (Wildman–Crippen MR) is 109 cm³/mol. The number of carboxylic acid groups (broad SMARTS) is 1. The molecule has 0 unspecified atom stereocenters. The van der Waals surface area contributed by atoms with E-state index in [9.17, 15) is 23.1 Å². The van der Waals surface area contributed by atoms with Crippen LogP contribution in [0.5, 0.6) is 0 Å². The van der Waals surface area contributed by atoms with Crippen molar-refractivity contribution in [2.24, 2.45) is 0 Å². The van der Waals surface area contributed by atoms with E-state index in [4.69, 9.17) is 0 Å². The van der Waals surface area contributed by atoms with Crippen molar-refractivity contribution in [2.75, 3.05) is 6.54 Å². The second kappa shape index (κ2) is 9.19. The number of hydrogen-bond donors (Lipinski definition) is 2. The van der Waals surface area contributed by atoms with Crippen molar-refractivity contribution in [1.29, 1.82) is 0 Å². The van der Waals surface area contributed by atoms with Crippen LogP contribution in [0.2, 0.25) is 0 Å². The molecule has 0 aliphatic carbocycles. The van der Waals surface area contributed by atoms with Gasteiger partial charge >= 0.3 is 5.97 Å². The summed E-state index contributed by atoms with van der Waals surface area (Å²) in [4.78, 5) is 24.4. The maximum absolute atomic E-state index is 12.9. The third-order valence-corrected chi connectivity index (χ3v) is 6.80. The van der Waals surface area contributed by atoms with Gasteiger partial charge in [0.05, 0.1) is 5.75 Å². The van der Waals surface area contributed by atoms with Crippen LogP contribution >= 0.6 is 0 Å². The number of hydrogen-bond acceptors (Lipinski definition) is 4. The molecule has 0 radical (unpaired) electrons. The zero-order valence-corrected chi connectivity index (χ0v) is 16.7. The number of aliphatic carboxylic acids is 1. The highest BCUT2D eigenvalue weighted by Gasteiger charge is 2.39. The Kier molecular flexibility index (Phi) is 6.66. The molecule has 7 nitrogen and oxygen atoms in total. The van der Waals surface area contributed by atoms with Gasteiger partial charge in [0.2, 0.25) is 15.9 Å². The zero-order valence-electron chi connectivity index (χ0n) is 15.9. The van der Waals surface area contributed by atoms with Crippen molar-refractivity contribution in [1.82, 2.24) is 9.62 Å². The Morgan fingerprint density at radius 2 is 1.62 bits per heavy atom. The van der Waals surface area contributed by atoms with Gasteiger partial charge in [-0.15, -0.1) is 0 Å². The van der Waals surface area contributed by atoms with Crippen LogP contribution in [-0.2, 0) is 31.8 Å². The van der Waals surface area contributed by atoms with Crippen molar-refractivity contribution in [3.05, 3.63) is 71.8 Å². The maximum atomic E-state index is 12.9. The first-order chi connectivity index (χ1) is 13.9. The van der Waals surface area contributed by atoms with Gasteiger partial charge in [0.1, 0.15) is 12.1 Å². The Bertz CT molecular complexity index is 948. The summed E-state index contributed by atoms with van der Waals surface area (Å²) >= 11 is 0. The molecule has 1 aliphatic heterocycles. The Morgan fingerprint density at radius 1 is 1.03 bits per heavy atom. The van der Waals surface area contributed by atoms with Gasteiger partial charge < -0.3 is 10.4 Å². The summed E-state index contributed by atoms with van der Waals surface area (Å²) in [5.41, 5.74) is 1.42. The van der Waals surface area contributed by atoms with E-state index in [0.29, 0.717) is 18.4 Å². The van der Waals surface area contributed by atoms with E-state index in [1.807, 2.05) is 6.07 Å². The van der Waals surface area contributed by atoms with E-state index in [0.717, 1.165) is 5.56 Å². The molecule has 0 saturated carbocycles. The van der Waals surface area contributed by atoms with Crippen LogP contribution in [0.4, 0.5) is 0 Å². The SMILES string of the molecule is O=C(O)[C@H](Cc1ccccc1)NC(=O)[C@@H]1CCCN1S(=O)(=O)Cc1ccccc1. The van der Waals surface area contributed by atoms with Crippen molar-refractivity contribution < 1.29 is 23.1 Å². The highest BCUT2D eigenvalue weighted by atomic mass is 32.2. The molecule has 0 aromatic heterocycles. The molecule has 1 saturated heterocycles. The smallest absolute Gasteiger partial charge is 0.326 e. The summed E-state index contributed by atoms with van der Waals surface area (Å²) in [7, 11) is -3.70. The molecule has 1 heterocycles. The van der Waals surface area contributed by atoms with E-state index in [2.05, 4.69) is 5.32 Å². The fraction of sp³-hybridized carbons (Fsp3) is 0.333. The normalized spacial score (nSPS) is 18.3. The minimum Gasteiger partial charge on any atom is -0.480 e. The molecular formula is C21H24N2O5S. The first kappa shape index (κ1) is 21.0. The molecule has 1 aliphatic rings. The number of amides is 1. The van der Waals surface area contributed by atoms with E-state index in [-0.39, 0.29) is 18.7 Å². The highest BCUT2D eigenvalue weighted by molar-refractivity contribution is 7.88. The van der Waals surface area contributed by atoms with Crippen LogP contribution in [0.3, 0.4) is 0 Å². The first-order valence-electron chi connectivity index (χ1n) is 9.47. The fourth-order valence-corrected chi connectivity index (χ4v) is 5.30. The second-order valence-electron chi connectivity index (χ2n) is 7.10. The molecule has 0 bridgehead atoms. The Balaban J connectivity index is 1.70. The molecule has 1 fully saturated rings. The summed E-state index contributed by atoms with van der Waals surface area (Å²) in [6.45, 7) is 0.254. The van der Waals surface area contributed by atoms with Crippen LogP contribution in [-0.4, -0.2) is 48.3 Å². The van der Waals surface area contributed by atoms with Gasteiger partial charge in [-0.05, 0) is 24.0 Å². The Labute approximate surface area is 170 Å². The Morgan fingerprint density at radius 3 is 2.21 bits per heavy atom. The molecular weight excluding hydrogens is 392 g/mol. The molecule has 1 amide bonds. The minimum absolute atomic E-state index is 0.130. The van der Waals surface area contributed by atoms with Crippen molar-refractivity contribution in [3.63, 3.8) is 0 Å². The second-order valence-corrected chi connectivity index (χ2v) is 9.02. The highest BCUT2D eigenvalue weighted by Crippen LogP contribution is 2.24. The van der Waals surface area contributed by atoms with Gasteiger partial charge in [0.25, 0.3) is 0 Å². The topological polar surface area (TPSA) is 104 Å². The number of nitrogens with one attached hydrogen (secondary N) is 1. The standard InChI is InChI=1S/C21H24N2O5S/c24-20(22-18(21(25)26)14-16-8-3-1-4-9-16)19-12-7-13-23(19)29(27,28)15-17-10-5-2-6-11-17/h1-6,8-11,18-19H,7,12-15H2,(H,22,24)(H,25,26)/t18-,19-/m0/s1. The summed E-state index contributed by atoms with van der Waals surface area (Å²) in [6.07, 6.45) is 1.06. The zero-order chi connectivity index (χ0) is 20.9. The van der Waals surface area contributed by atoms with Crippen molar-refractivity contribution in [3.8, 4) is 0 Å². The van der Waals surface area contributed by atoms with Crippen LogP contribution in [0, 0.1) is 0 Å². The fourth-order valence-electron chi connectivity index (χ4n) is 3.52. The lowest BCUT2D eigenvalue weighted by Gasteiger charge is -2.25. The van der Waals surface area contributed by atoms with E-state index in [1.54, 1.807) is 54.6 Å². The third-order valence-electron chi connectivity index (χ3n) is 4.95. The van der Waals surface area contributed by atoms with Crippen LogP contribution in [0.25, 0.3) is 0 Å². The van der Waals surface area contributed by atoms with Crippen LogP contribution < -0.4 is 5.32 Å². The quantitative estimate of drug-likeness (QED) is 0.683. The van der Waals surface area contributed by atoms with Crippen molar-refractivity contribution in [2.45, 2.75) is 37.1 Å². The van der Waals surface area contributed by atoms with E-state index in [1.165, 1.54) is 4.31 Å². The van der Waals surface area contributed by atoms with Gasteiger partial charge in [-0.25, -0.2) is 13.2 Å². The third kappa shape index (κ3) is 5.42. The van der Waals surface area contributed by atoms with Gasteiger partial charge in [-0.2, -0.15) is 4.31 Å². The largest absolute Gasteiger partial charge is 0.480 e. The number of nitrogens with zero attached hydrogens (tertiary/aromatic N) is 1. The van der Waals surface area contributed by atoms with Gasteiger partial charge in [0.15, 0.2) is 0 Å². The molecule has 8 heteroatoms. The minimum atomic E-state index is -3.70. The Hall–Kier alpha value is -2.71. The number of carbonyl (C=O) groups is 2. The molecule has 3 rings (SSSR count). The number of carboxylic acids is 1. The first-order valence-corrected chi connectivity index (χ1v) is 11.1. The lowest BCUT2D eigenvalue weighted by atomic mass is 10.1. The van der Waals surface area contributed by atoms with Crippen LogP contribution in [0.15, 0.2) is 60.7 Å². The van der Waals surface area contributed by atoms with Gasteiger partial charge in [-0.3, -0.25) is 4.79 Å². The average molecular weight is 416 g/mol. The number of carbonyl (C=O) groups excluding carboxylic acids is 1. The summed E-state index contributed by atoms with van der Waals surface area (Å²) in [6, 6.07) is 15.8. The lowest BCUT2D eigenvalue weighted by molar-refractivity contribution is -0.142. The van der Waals surface area contributed by atoms with E-state index >= 15 is 0 Å². The monoisotopic (exact) mass is 416 g/mol. The summed E-state index contributed by atoms with van der Waals surface area (Å²) in [5, 5.41) is 12.0. The van der Waals surface area contributed by atoms with Crippen molar-refractivity contribution >= 4 is 21.9 Å².